The van der Waals surface area contributed by atoms with Crippen LogP contribution in [0.3, 0.4) is 0 Å². The van der Waals surface area contributed by atoms with E-state index in [0.29, 0.717) is 0 Å². The predicted molar refractivity (Wildman–Crippen MR) is 107 cm³/mol. The van der Waals surface area contributed by atoms with Crippen LogP contribution in [0.15, 0.2) is 24.1 Å². The molecule has 0 saturated heterocycles. The molecular weight excluding hydrogens is 406 g/mol. The van der Waals surface area contributed by atoms with Gasteiger partial charge in [0.1, 0.15) is 5.83 Å². The molecule has 0 heterocycles. The van der Waals surface area contributed by atoms with Crippen LogP contribution in [0.2, 0.25) is 5.54 Å². The summed E-state index contributed by atoms with van der Waals surface area (Å²) in [6.45, 7) is 11.4. The smallest absolute Gasteiger partial charge is 0.373 e. The Bertz CT molecular complexity index is 500. The van der Waals surface area contributed by atoms with Crippen molar-refractivity contribution >= 4 is 17.6 Å². The number of halogens is 2. The molecule has 1 aliphatic rings. The van der Waals surface area contributed by atoms with E-state index in [1.807, 2.05) is 0 Å². The van der Waals surface area contributed by atoms with Gasteiger partial charge in [-0.1, -0.05) is 12.2 Å². The maximum absolute atomic E-state index is 17.0. The third kappa shape index (κ3) is 4.81. The summed E-state index contributed by atoms with van der Waals surface area (Å²) in [6, 6.07) is 0. The largest absolute Gasteiger partial charge is 0.548 e. The van der Waals surface area contributed by atoms with Gasteiger partial charge in [-0.25, -0.2) is 8.78 Å². The van der Waals surface area contributed by atoms with Gasteiger partial charge in [-0.15, -0.1) is 0 Å². The molecule has 0 aliphatic heterocycles. The van der Waals surface area contributed by atoms with Crippen molar-refractivity contribution in [2.45, 2.75) is 52.4 Å². The summed E-state index contributed by atoms with van der Waals surface area (Å²) in [5, 5.41) is -2.73. The van der Waals surface area contributed by atoms with Gasteiger partial charge in [-0.05, 0) is 47.6 Å². The van der Waals surface area contributed by atoms with Gasteiger partial charge in [0.15, 0.2) is 0 Å². The first-order valence-electron chi connectivity index (χ1n) is 9.94. The standard InChI is InChI=1S/C18H34F2O6Si2/c1-7-21-27(22-8-2,23-9-3)17-15-13-14-16(19)18(17,20)28(24-10-4,25-11-5)26-12-6/h13-15,17H,7-12H2,1-6H3. The SMILES string of the molecule is CCO[Si](OCC)(OCC)C1C=CC=C(F)C1(F)[Si](OCC)(OCC)OCC. The first kappa shape index (κ1) is 25.6. The van der Waals surface area contributed by atoms with Crippen LogP contribution in [-0.4, -0.2) is 62.5 Å². The number of allylic oxidation sites excluding steroid dienone is 4. The van der Waals surface area contributed by atoms with E-state index >= 15 is 8.78 Å². The van der Waals surface area contributed by atoms with Crippen LogP contribution in [0.4, 0.5) is 8.78 Å². The average Bonchev–Trinajstić information content (AvgIpc) is 2.65. The van der Waals surface area contributed by atoms with Gasteiger partial charge in [-0.3, -0.25) is 0 Å². The van der Waals surface area contributed by atoms with E-state index in [0.717, 1.165) is 6.08 Å². The normalized spacial score (nSPS) is 23.1. The van der Waals surface area contributed by atoms with Crippen LogP contribution >= 0.6 is 0 Å². The minimum Gasteiger partial charge on any atom is -0.373 e. The zero-order valence-corrected chi connectivity index (χ0v) is 19.8. The molecule has 0 radical (unpaired) electrons. The maximum Gasteiger partial charge on any atom is 0.548 e. The molecule has 2 atom stereocenters. The highest BCUT2D eigenvalue weighted by atomic mass is 28.4. The van der Waals surface area contributed by atoms with Crippen molar-refractivity contribution in [3.63, 3.8) is 0 Å². The summed E-state index contributed by atoms with van der Waals surface area (Å²) in [5.41, 5.74) is -1.21. The minimum atomic E-state index is -4.21. The molecule has 1 rings (SSSR count). The molecule has 0 amide bonds. The van der Waals surface area contributed by atoms with E-state index in [-0.39, 0.29) is 39.6 Å². The topological polar surface area (TPSA) is 55.4 Å². The molecule has 0 aromatic carbocycles. The predicted octanol–water partition coefficient (Wildman–Crippen LogP) is 4.12. The molecule has 2 unspecified atom stereocenters. The summed E-state index contributed by atoms with van der Waals surface area (Å²) >= 11 is 0. The Morgan fingerprint density at radius 3 is 1.54 bits per heavy atom. The fraction of sp³-hybridized carbons (Fsp3) is 0.778. The summed E-state index contributed by atoms with van der Waals surface area (Å²) in [5.74, 6) is -1.03. The molecule has 6 nitrogen and oxygen atoms in total. The number of alkyl halides is 1. The lowest BCUT2D eigenvalue weighted by Gasteiger charge is -2.47. The van der Waals surface area contributed by atoms with Gasteiger partial charge in [0.2, 0.25) is 5.29 Å². The van der Waals surface area contributed by atoms with Crippen molar-refractivity contribution < 1.29 is 35.3 Å². The molecule has 28 heavy (non-hydrogen) atoms. The lowest BCUT2D eigenvalue weighted by Crippen LogP contribution is -2.70. The zero-order valence-electron chi connectivity index (χ0n) is 17.8. The summed E-state index contributed by atoms with van der Waals surface area (Å²) < 4.78 is 67.1. The second kappa shape index (κ2) is 11.7. The Morgan fingerprint density at radius 1 is 0.786 bits per heavy atom. The number of hydrogen-bond donors (Lipinski definition) is 0. The molecular formula is C18H34F2O6Si2. The molecule has 0 fully saturated rings. The first-order valence-corrected chi connectivity index (χ1v) is 13.5. The molecule has 164 valence electrons. The van der Waals surface area contributed by atoms with Crippen molar-refractivity contribution in [2.24, 2.45) is 0 Å². The molecule has 0 aromatic rings. The van der Waals surface area contributed by atoms with Crippen molar-refractivity contribution in [1.29, 1.82) is 0 Å². The number of hydrogen-bond acceptors (Lipinski definition) is 6. The van der Waals surface area contributed by atoms with Crippen molar-refractivity contribution in [2.75, 3.05) is 39.6 Å². The quantitative estimate of drug-likeness (QED) is 0.379. The highest BCUT2D eigenvalue weighted by molar-refractivity contribution is 6.71. The molecule has 0 spiro atoms. The molecule has 0 N–H and O–H groups in total. The molecule has 0 saturated carbocycles. The van der Waals surface area contributed by atoms with Crippen LogP contribution in [0.25, 0.3) is 0 Å². The highest BCUT2D eigenvalue weighted by Crippen LogP contribution is 2.52. The summed E-state index contributed by atoms with van der Waals surface area (Å²) in [7, 11) is -7.93. The first-order chi connectivity index (χ1) is 13.4. The van der Waals surface area contributed by atoms with Crippen LogP contribution < -0.4 is 0 Å². The van der Waals surface area contributed by atoms with Crippen molar-refractivity contribution in [1.82, 2.24) is 0 Å². The monoisotopic (exact) mass is 440 g/mol. The Kier molecular flexibility index (Phi) is 10.6. The van der Waals surface area contributed by atoms with E-state index in [1.165, 1.54) is 12.2 Å². The van der Waals surface area contributed by atoms with E-state index in [9.17, 15) is 0 Å². The van der Waals surface area contributed by atoms with Crippen molar-refractivity contribution in [3.05, 3.63) is 24.1 Å². The van der Waals surface area contributed by atoms with Crippen LogP contribution in [0, 0.1) is 0 Å². The zero-order chi connectivity index (χ0) is 21.3. The van der Waals surface area contributed by atoms with Gasteiger partial charge in [0.05, 0.1) is 5.54 Å². The van der Waals surface area contributed by atoms with E-state index in [1.54, 1.807) is 41.5 Å². The number of rotatable bonds is 14. The summed E-state index contributed by atoms with van der Waals surface area (Å²) in [6.07, 6.45) is 4.03. The Morgan fingerprint density at radius 2 is 1.18 bits per heavy atom. The average molecular weight is 441 g/mol. The second-order valence-electron chi connectivity index (χ2n) is 5.85. The van der Waals surface area contributed by atoms with Gasteiger partial charge in [0.25, 0.3) is 0 Å². The van der Waals surface area contributed by atoms with Gasteiger partial charge in [0, 0.05) is 39.6 Å². The second-order valence-corrected chi connectivity index (χ2v) is 11.2. The fourth-order valence-corrected chi connectivity index (χ4v) is 10.3. The van der Waals surface area contributed by atoms with Crippen LogP contribution in [0.5, 0.6) is 0 Å². The summed E-state index contributed by atoms with van der Waals surface area (Å²) in [4.78, 5) is 0. The highest BCUT2D eigenvalue weighted by Gasteiger charge is 2.75. The van der Waals surface area contributed by atoms with Gasteiger partial charge in [-0.2, -0.15) is 0 Å². The van der Waals surface area contributed by atoms with Crippen LogP contribution in [-0.2, 0) is 26.6 Å². The lowest BCUT2D eigenvalue weighted by atomic mass is 10.1. The van der Waals surface area contributed by atoms with Crippen molar-refractivity contribution in [3.8, 4) is 0 Å². The van der Waals surface area contributed by atoms with E-state index in [2.05, 4.69) is 0 Å². The molecule has 0 bridgehead atoms. The Hall–Kier alpha value is -0.466. The molecule has 0 aromatic heterocycles. The molecule has 10 heteroatoms. The fourth-order valence-electron chi connectivity index (χ4n) is 3.36. The maximum atomic E-state index is 17.0. The lowest BCUT2D eigenvalue weighted by molar-refractivity contribution is -0.00357. The van der Waals surface area contributed by atoms with E-state index < -0.39 is 34.3 Å². The van der Waals surface area contributed by atoms with Gasteiger partial charge < -0.3 is 26.6 Å². The minimum absolute atomic E-state index is 0.105. The Labute approximate surface area is 169 Å². The molecule has 1 aliphatic carbocycles. The third-order valence-corrected chi connectivity index (χ3v) is 11.3. The third-order valence-electron chi connectivity index (χ3n) is 4.19. The van der Waals surface area contributed by atoms with E-state index in [4.69, 9.17) is 26.6 Å². The van der Waals surface area contributed by atoms with Crippen LogP contribution in [0.1, 0.15) is 41.5 Å². The van der Waals surface area contributed by atoms with Gasteiger partial charge >= 0.3 is 17.6 Å². The Balaban J connectivity index is 3.69.